The summed E-state index contributed by atoms with van der Waals surface area (Å²) in [5.74, 6) is 0. The molecule has 3 nitrogen and oxygen atoms in total. The molecule has 0 saturated heterocycles. The third-order valence-corrected chi connectivity index (χ3v) is 16.2. The molecule has 2 heterocycles. The second-order valence-corrected chi connectivity index (χ2v) is 20.4. The van der Waals surface area contributed by atoms with Gasteiger partial charge in [0.1, 0.15) is 0 Å². The molecular weight excluding hydrogens is 915 g/mol. The van der Waals surface area contributed by atoms with Crippen LogP contribution in [0.3, 0.4) is 0 Å². The highest BCUT2D eigenvalue weighted by Gasteiger charge is 2.24. The van der Waals surface area contributed by atoms with Gasteiger partial charge in [0.05, 0.1) is 22.4 Å². The third kappa shape index (κ3) is 6.87. The fourth-order valence-electron chi connectivity index (χ4n) is 11.6. The van der Waals surface area contributed by atoms with Crippen LogP contribution in [0.25, 0.3) is 102 Å². The highest BCUT2D eigenvalue weighted by Crippen LogP contribution is 2.49. The molecule has 0 radical (unpaired) electrons. The maximum atomic E-state index is 2.47. The van der Waals surface area contributed by atoms with Crippen molar-refractivity contribution >= 4 is 131 Å². The Balaban J connectivity index is 1.05. The monoisotopic (exact) mass is 959 g/mol. The van der Waals surface area contributed by atoms with Crippen LogP contribution < -0.4 is 9.80 Å². The second kappa shape index (κ2) is 17.1. The maximum absolute atomic E-state index is 2.47. The zero-order valence-electron chi connectivity index (χ0n) is 40.2. The van der Waals surface area contributed by atoms with Crippen LogP contribution in [0.1, 0.15) is 0 Å². The van der Waals surface area contributed by atoms with E-state index in [9.17, 15) is 0 Å². The molecule has 2 aromatic heterocycles. The van der Waals surface area contributed by atoms with E-state index in [4.69, 9.17) is 0 Å². The van der Waals surface area contributed by atoms with Crippen LogP contribution in [-0.4, -0.2) is 4.57 Å². The van der Waals surface area contributed by atoms with E-state index in [-0.39, 0.29) is 0 Å². The molecule has 0 aliphatic carbocycles. The lowest BCUT2D eigenvalue weighted by Gasteiger charge is -2.31. The van der Waals surface area contributed by atoms with Crippen molar-refractivity contribution in [3.63, 3.8) is 0 Å². The largest absolute Gasteiger partial charge is 0.310 e. The minimum absolute atomic E-state index is 1.05. The lowest BCUT2D eigenvalue weighted by Crippen LogP contribution is -2.14. The predicted molar refractivity (Wildman–Crippen MR) is 318 cm³/mol. The van der Waals surface area contributed by atoms with Gasteiger partial charge in [-0.25, -0.2) is 0 Å². The van der Waals surface area contributed by atoms with E-state index in [1.807, 2.05) is 11.3 Å². The molecule has 0 unspecified atom stereocenters. The van der Waals surface area contributed by atoms with Crippen molar-refractivity contribution in [3.8, 4) is 16.8 Å². The molecule has 0 spiro atoms. The van der Waals surface area contributed by atoms with E-state index in [1.165, 1.54) is 85.1 Å². The first-order valence-electron chi connectivity index (χ1n) is 25.3. The summed E-state index contributed by atoms with van der Waals surface area (Å²) in [6, 6.07) is 101. The molecule has 0 aliphatic heterocycles. The van der Waals surface area contributed by atoms with Gasteiger partial charge in [0.15, 0.2) is 0 Å². The Bertz CT molecular complexity index is 4510. The molecule has 0 atom stereocenters. The van der Waals surface area contributed by atoms with Gasteiger partial charge in [-0.2, -0.15) is 0 Å². The van der Waals surface area contributed by atoms with Crippen molar-refractivity contribution in [2.45, 2.75) is 0 Å². The van der Waals surface area contributed by atoms with Crippen LogP contribution in [0.4, 0.5) is 34.1 Å². The SMILES string of the molecule is c1ccc(-n2c3cc(-c4cc(N(c5ccc6ccccc6c5)c5cccc6ccccc56)cc(N(c5ccc6ccccc6c5)c5cccc6ccccc56)c4)ccc3c3c4sc5ccccc5c4ccc32)cc1. The summed E-state index contributed by atoms with van der Waals surface area (Å²) in [6.45, 7) is 0. The quantitative estimate of drug-likeness (QED) is 0.150. The molecule has 15 aromatic rings. The normalized spacial score (nSPS) is 11.8. The van der Waals surface area contributed by atoms with Crippen LogP contribution >= 0.6 is 11.3 Å². The van der Waals surface area contributed by atoms with Gasteiger partial charge in [-0.3, -0.25) is 0 Å². The molecule has 0 amide bonds. The molecule has 74 heavy (non-hydrogen) atoms. The van der Waals surface area contributed by atoms with E-state index in [0.29, 0.717) is 0 Å². The number of rotatable bonds is 8. The molecule has 0 bridgehead atoms. The average molecular weight is 960 g/mol. The van der Waals surface area contributed by atoms with Gasteiger partial charge in [-0.1, -0.05) is 188 Å². The first kappa shape index (κ1) is 42.2. The number of anilines is 6. The number of fused-ring (bicyclic) bond motifs is 11. The minimum atomic E-state index is 1.05. The summed E-state index contributed by atoms with van der Waals surface area (Å²) in [7, 11) is 0. The van der Waals surface area contributed by atoms with Crippen LogP contribution in [-0.2, 0) is 0 Å². The standard InChI is InChI=1S/C70H45N3S/c1-2-24-54(25-3-1)73-66-39-38-62-61-28-12-13-31-68(61)74-70(62)69(66)63-37-34-52(44-67(63)73)53-42-57(71(55-35-32-46-16-4-6-20-50(46)40-55)64-29-14-22-48-18-8-10-26-59(48)64)45-58(43-53)72(56-36-33-47-17-5-7-21-51(47)41-56)65-30-15-23-49-19-9-11-27-60(49)65/h1-45H. The highest BCUT2D eigenvalue weighted by atomic mass is 32.1. The van der Waals surface area contributed by atoms with Gasteiger partial charge in [0, 0.05) is 70.2 Å². The molecule has 346 valence electrons. The number of aromatic nitrogens is 1. The molecule has 13 aromatic carbocycles. The summed E-state index contributed by atoms with van der Waals surface area (Å²) in [4.78, 5) is 4.95. The topological polar surface area (TPSA) is 11.4 Å². The number of benzene rings is 13. The Hall–Kier alpha value is -9.48. The van der Waals surface area contributed by atoms with Gasteiger partial charge in [0.2, 0.25) is 0 Å². The number of thiophene rings is 1. The number of nitrogens with zero attached hydrogens (tertiary/aromatic N) is 3. The second-order valence-electron chi connectivity index (χ2n) is 19.3. The fourth-order valence-corrected chi connectivity index (χ4v) is 12.9. The van der Waals surface area contributed by atoms with Gasteiger partial charge in [-0.05, 0) is 128 Å². The number of hydrogen-bond acceptors (Lipinski definition) is 3. The Morgan fingerprint density at radius 2 is 0.797 bits per heavy atom. The zero-order valence-corrected chi connectivity index (χ0v) is 41.0. The molecule has 15 rings (SSSR count). The van der Waals surface area contributed by atoms with Gasteiger partial charge < -0.3 is 14.4 Å². The summed E-state index contributed by atoms with van der Waals surface area (Å²) >= 11 is 1.90. The predicted octanol–water partition coefficient (Wildman–Crippen LogP) is 20.4. The van der Waals surface area contributed by atoms with E-state index < -0.39 is 0 Å². The third-order valence-electron chi connectivity index (χ3n) is 15.0. The van der Waals surface area contributed by atoms with Crippen molar-refractivity contribution < 1.29 is 0 Å². The van der Waals surface area contributed by atoms with Gasteiger partial charge in [-0.15, -0.1) is 11.3 Å². The summed E-state index contributed by atoms with van der Waals surface area (Å²) in [6.07, 6.45) is 0. The Morgan fingerprint density at radius 1 is 0.284 bits per heavy atom. The van der Waals surface area contributed by atoms with Crippen molar-refractivity contribution in [2.75, 3.05) is 9.80 Å². The lowest BCUT2D eigenvalue weighted by atomic mass is 9.99. The zero-order chi connectivity index (χ0) is 48.7. The maximum Gasteiger partial charge on any atom is 0.0555 e. The van der Waals surface area contributed by atoms with Gasteiger partial charge >= 0.3 is 0 Å². The lowest BCUT2D eigenvalue weighted by molar-refractivity contribution is 1.18. The minimum Gasteiger partial charge on any atom is -0.310 e. The fraction of sp³-hybridized carbons (Fsp3) is 0. The van der Waals surface area contributed by atoms with Crippen LogP contribution in [0.2, 0.25) is 0 Å². The van der Waals surface area contributed by atoms with E-state index >= 15 is 0 Å². The molecule has 0 N–H and O–H groups in total. The van der Waals surface area contributed by atoms with E-state index in [1.54, 1.807) is 0 Å². The highest BCUT2D eigenvalue weighted by molar-refractivity contribution is 7.26. The van der Waals surface area contributed by atoms with Gasteiger partial charge in [0.25, 0.3) is 0 Å². The van der Waals surface area contributed by atoms with Crippen LogP contribution in [0, 0.1) is 0 Å². The van der Waals surface area contributed by atoms with E-state index in [0.717, 1.165) is 50.9 Å². The first-order valence-corrected chi connectivity index (χ1v) is 26.1. The summed E-state index contributed by atoms with van der Waals surface area (Å²) < 4.78 is 5.10. The summed E-state index contributed by atoms with van der Waals surface area (Å²) in [5.41, 5.74) is 12.2. The van der Waals surface area contributed by atoms with Crippen molar-refractivity contribution in [1.29, 1.82) is 0 Å². The van der Waals surface area contributed by atoms with Crippen molar-refractivity contribution in [2.24, 2.45) is 0 Å². The molecular formula is C70H45N3S. The molecule has 0 saturated carbocycles. The molecule has 0 aliphatic rings. The molecule has 4 heteroatoms. The first-order chi connectivity index (χ1) is 36.7. The van der Waals surface area contributed by atoms with Crippen LogP contribution in [0.5, 0.6) is 0 Å². The Morgan fingerprint density at radius 3 is 1.42 bits per heavy atom. The Labute approximate surface area is 432 Å². The van der Waals surface area contributed by atoms with Crippen molar-refractivity contribution in [3.05, 3.63) is 273 Å². The average Bonchev–Trinajstić information content (AvgIpc) is 4.05. The molecule has 0 fully saturated rings. The number of hydrogen-bond donors (Lipinski definition) is 0. The van der Waals surface area contributed by atoms with Crippen LogP contribution in [0.15, 0.2) is 273 Å². The van der Waals surface area contributed by atoms with Crippen molar-refractivity contribution in [1.82, 2.24) is 4.57 Å². The number of para-hydroxylation sites is 1. The van der Waals surface area contributed by atoms with E-state index in [2.05, 4.69) is 287 Å². The summed E-state index contributed by atoms with van der Waals surface area (Å²) in [5, 5.41) is 14.7. The smallest absolute Gasteiger partial charge is 0.0555 e. The Kier molecular flexibility index (Phi) is 9.75.